The van der Waals surface area contributed by atoms with Gasteiger partial charge in [-0.2, -0.15) is 0 Å². The maximum atomic E-state index is 4.59. The summed E-state index contributed by atoms with van der Waals surface area (Å²) in [7, 11) is 0. The predicted molar refractivity (Wildman–Crippen MR) is 75.5 cm³/mol. The monoisotopic (exact) mass is 233 g/mol. The number of pyridine rings is 1. The van der Waals surface area contributed by atoms with Crippen LogP contribution in [0.15, 0.2) is 18.3 Å². The summed E-state index contributed by atoms with van der Waals surface area (Å²) in [6.07, 6.45) is 8.71. The van der Waals surface area contributed by atoms with E-state index < -0.39 is 0 Å². The van der Waals surface area contributed by atoms with Gasteiger partial charge in [0.2, 0.25) is 0 Å². The molecule has 0 radical (unpaired) electrons. The van der Waals surface area contributed by atoms with Crippen molar-refractivity contribution in [3.05, 3.63) is 29.6 Å². The van der Waals surface area contributed by atoms with E-state index in [1.165, 1.54) is 43.4 Å². The third-order valence-electron chi connectivity index (χ3n) is 3.64. The van der Waals surface area contributed by atoms with Crippen molar-refractivity contribution in [1.82, 2.24) is 4.98 Å². The van der Waals surface area contributed by atoms with Gasteiger partial charge in [-0.25, -0.2) is 0 Å². The minimum atomic E-state index is 0.641. The SMILES string of the molecule is CC.CC1CCCCCC(C)c2ncccc21. The molecule has 0 spiro atoms. The number of hydrogen-bond donors (Lipinski definition) is 0. The lowest BCUT2D eigenvalue weighted by atomic mass is 9.91. The molecule has 0 saturated heterocycles. The molecule has 17 heavy (non-hydrogen) atoms. The van der Waals surface area contributed by atoms with Crippen LogP contribution in [0, 0.1) is 0 Å². The number of aromatic nitrogens is 1. The number of hydrogen-bond acceptors (Lipinski definition) is 1. The van der Waals surface area contributed by atoms with Gasteiger partial charge in [0.05, 0.1) is 0 Å². The number of fused-ring (bicyclic) bond motifs is 1. The second kappa shape index (κ2) is 7.47. The van der Waals surface area contributed by atoms with Crippen molar-refractivity contribution in [2.24, 2.45) is 0 Å². The van der Waals surface area contributed by atoms with Crippen molar-refractivity contribution < 1.29 is 0 Å². The van der Waals surface area contributed by atoms with E-state index in [-0.39, 0.29) is 0 Å². The maximum Gasteiger partial charge on any atom is 0.0466 e. The van der Waals surface area contributed by atoms with Crippen LogP contribution in [-0.4, -0.2) is 4.98 Å². The summed E-state index contributed by atoms with van der Waals surface area (Å²) in [6, 6.07) is 4.36. The minimum absolute atomic E-state index is 0.641. The van der Waals surface area contributed by atoms with Gasteiger partial charge in [-0.05, 0) is 36.3 Å². The van der Waals surface area contributed by atoms with Crippen molar-refractivity contribution in [1.29, 1.82) is 0 Å². The molecule has 0 N–H and O–H groups in total. The Morgan fingerprint density at radius 1 is 1.00 bits per heavy atom. The van der Waals surface area contributed by atoms with E-state index >= 15 is 0 Å². The van der Waals surface area contributed by atoms with Crippen LogP contribution >= 0.6 is 0 Å². The standard InChI is InChI=1S/C14H21N.C2H6/c1-11-7-4-3-5-8-12(2)14-13(11)9-6-10-15-14;1-2/h6,9-12H,3-5,7-8H2,1-2H3;1-2H3. The lowest BCUT2D eigenvalue weighted by Gasteiger charge is -2.17. The molecule has 2 unspecified atom stereocenters. The molecule has 1 aliphatic rings. The van der Waals surface area contributed by atoms with Gasteiger partial charge in [0.15, 0.2) is 0 Å². The highest BCUT2D eigenvalue weighted by atomic mass is 14.7. The molecule has 1 nitrogen and oxygen atoms in total. The van der Waals surface area contributed by atoms with E-state index in [1.807, 2.05) is 20.0 Å². The molecule has 0 aromatic carbocycles. The van der Waals surface area contributed by atoms with Crippen molar-refractivity contribution >= 4 is 0 Å². The van der Waals surface area contributed by atoms with Crippen LogP contribution in [0.25, 0.3) is 0 Å². The van der Waals surface area contributed by atoms with Gasteiger partial charge in [0.25, 0.3) is 0 Å². The normalized spacial score (nSPS) is 24.5. The number of nitrogens with zero attached hydrogens (tertiary/aromatic N) is 1. The second-order valence-corrected chi connectivity index (χ2v) is 4.92. The molecular formula is C16H27N. The highest BCUT2D eigenvalue weighted by Gasteiger charge is 2.17. The van der Waals surface area contributed by atoms with Gasteiger partial charge in [-0.1, -0.05) is 53.0 Å². The summed E-state index contributed by atoms with van der Waals surface area (Å²) in [4.78, 5) is 4.59. The molecule has 96 valence electrons. The lowest BCUT2D eigenvalue weighted by molar-refractivity contribution is 0.567. The summed E-state index contributed by atoms with van der Waals surface area (Å²) in [5.74, 6) is 1.33. The Labute approximate surface area is 107 Å². The first-order valence-electron chi connectivity index (χ1n) is 7.24. The van der Waals surface area contributed by atoms with E-state index in [1.54, 1.807) is 0 Å². The fourth-order valence-electron chi connectivity index (χ4n) is 2.63. The quantitative estimate of drug-likeness (QED) is 0.594. The molecule has 1 aromatic rings. The first-order valence-corrected chi connectivity index (χ1v) is 7.24. The largest absolute Gasteiger partial charge is 0.261 e. The average molecular weight is 233 g/mol. The fourth-order valence-corrected chi connectivity index (χ4v) is 2.63. The van der Waals surface area contributed by atoms with Crippen molar-refractivity contribution in [3.63, 3.8) is 0 Å². The Bertz CT molecular complexity index is 288. The first kappa shape index (κ1) is 14.2. The third kappa shape index (κ3) is 3.83. The zero-order valence-corrected chi connectivity index (χ0v) is 11.9. The summed E-state index contributed by atoms with van der Waals surface area (Å²) < 4.78 is 0. The second-order valence-electron chi connectivity index (χ2n) is 4.92. The Balaban J connectivity index is 0.000000686. The smallest absolute Gasteiger partial charge is 0.0466 e. The molecule has 2 atom stereocenters. The van der Waals surface area contributed by atoms with Crippen LogP contribution < -0.4 is 0 Å². The Hall–Kier alpha value is -0.850. The fraction of sp³-hybridized carbons (Fsp3) is 0.688. The zero-order valence-electron chi connectivity index (χ0n) is 11.9. The molecule has 0 saturated carbocycles. The molecule has 1 heteroatoms. The molecule has 0 amide bonds. The van der Waals surface area contributed by atoms with Gasteiger partial charge in [0.1, 0.15) is 0 Å². The van der Waals surface area contributed by atoms with Gasteiger partial charge in [0, 0.05) is 11.9 Å². The molecule has 0 aliphatic heterocycles. The molecule has 1 aromatic heterocycles. The van der Waals surface area contributed by atoms with Crippen LogP contribution in [0.4, 0.5) is 0 Å². The van der Waals surface area contributed by atoms with Gasteiger partial charge in [-0.3, -0.25) is 4.98 Å². The van der Waals surface area contributed by atoms with E-state index in [0.717, 1.165) is 0 Å². The van der Waals surface area contributed by atoms with Gasteiger partial charge >= 0.3 is 0 Å². The number of rotatable bonds is 0. The Kier molecular flexibility index (Phi) is 6.25. The van der Waals surface area contributed by atoms with Crippen LogP contribution in [0.5, 0.6) is 0 Å². The molecule has 0 bridgehead atoms. The topological polar surface area (TPSA) is 12.9 Å². The van der Waals surface area contributed by atoms with E-state index in [0.29, 0.717) is 11.8 Å². The molecular weight excluding hydrogens is 206 g/mol. The summed E-state index contributed by atoms with van der Waals surface area (Å²) in [5.41, 5.74) is 2.85. The molecule has 1 heterocycles. The summed E-state index contributed by atoms with van der Waals surface area (Å²) >= 11 is 0. The van der Waals surface area contributed by atoms with Crippen molar-refractivity contribution in [3.8, 4) is 0 Å². The predicted octanol–water partition coefficient (Wildman–Crippen LogP) is 5.28. The van der Waals surface area contributed by atoms with Gasteiger partial charge < -0.3 is 0 Å². The lowest BCUT2D eigenvalue weighted by Crippen LogP contribution is -2.04. The third-order valence-corrected chi connectivity index (χ3v) is 3.64. The summed E-state index contributed by atoms with van der Waals surface area (Å²) in [6.45, 7) is 8.67. The Morgan fingerprint density at radius 2 is 1.65 bits per heavy atom. The van der Waals surface area contributed by atoms with Crippen LogP contribution in [0.3, 0.4) is 0 Å². The van der Waals surface area contributed by atoms with E-state index in [2.05, 4.69) is 31.0 Å². The Morgan fingerprint density at radius 3 is 2.35 bits per heavy atom. The summed E-state index contributed by atoms with van der Waals surface area (Å²) in [5, 5.41) is 0. The highest BCUT2D eigenvalue weighted by Crippen LogP contribution is 2.32. The maximum absolute atomic E-state index is 4.59. The van der Waals surface area contributed by atoms with Crippen LogP contribution in [0.2, 0.25) is 0 Å². The highest BCUT2D eigenvalue weighted by molar-refractivity contribution is 5.26. The zero-order chi connectivity index (χ0) is 12.7. The van der Waals surface area contributed by atoms with Gasteiger partial charge in [-0.15, -0.1) is 0 Å². The molecule has 2 rings (SSSR count). The van der Waals surface area contributed by atoms with Crippen LogP contribution in [0.1, 0.15) is 82.9 Å². The van der Waals surface area contributed by atoms with Crippen molar-refractivity contribution in [2.45, 2.75) is 71.6 Å². The molecule has 1 aliphatic carbocycles. The minimum Gasteiger partial charge on any atom is -0.261 e. The average Bonchev–Trinajstić information content (AvgIpc) is 2.45. The van der Waals surface area contributed by atoms with Crippen molar-refractivity contribution in [2.75, 3.05) is 0 Å². The van der Waals surface area contributed by atoms with E-state index in [4.69, 9.17) is 0 Å². The van der Waals surface area contributed by atoms with Crippen LogP contribution in [-0.2, 0) is 0 Å². The first-order chi connectivity index (χ1) is 8.29. The molecule has 0 fully saturated rings. The van der Waals surface area contributed by atoms with E-state index in [9.17, 15) is 0 Å².